The number of anilines is 1. The number of hydrogen-bond donors (Lipinski definition) is 2. The van der Waals surface area contributed by atoms with Crippen LogP contribution in [0.3, 0.4) is 0 Å². The summed E-state index contributed by atoms with van der Waals surface area (Å²) in [6, 6.07) is 10.2. The van der Waals surface area contributed by atoms with E-state index in [4.69, 9.17) is 11.1 Å². The zero-order chi connectivity index (χ0) is 13.1. The minimum absolute atomic E-state index is 0.0239. The van der Waals surface area contributed by atoms with E-state index in [0.29, 0.717) is 6.54 Å². The molecule has 18 heavy (non-hydrogen) atoms. The van der Waals surface area contributed by atoms with Gasteiger partial charge in [-0.3, -0.25) is 5.41 Å². The van der Waals surface area contributed by atoms with Gasteiger partial charge in [0.15, 0.2) is 0 Å². The normalized spacial score (nSPS) is 12.3. The quantitative estimate of drug-likeness (QED) is 0.638. The molecule has 94 valence electrons. The molecule has 1 unspecified atom stereocenters. The van der Waals surface area contributed by atoms with Crippen LogP contribution in [-0.2, 0) is 0 Å². The Bertz CT molecular complexity index is 559. The summed E-state index contributed by atoms with van der Waals surface area (Å²) in [5.74, 6) is 1.17. The highest BCUT2D eigenvalue weighted by molar-refractivity contribution is 5.92. The summed E-state index contributed by atoms with van der Waals surface area (Å²) in [4.78, 5) is 6.48. The van der Waals surface area contributed by atoms with Gasteiger partial charge in [-0.05, 0) is 11.5 Å². The van der Waals surface area contributed by atoms with Gasteiger partial charge >= 0.3 is 0 Å². The number of nitrogens with two attached hydrogens (primary N) is 1. The minimum Gasteiger partial charge on any atom is -0.387 e. The average Bonchev–Trinajstić information content (AvgIpc) is 2.37. The van der Waals surface area contributed by atoms with Gasteiger partial charge in [-0.2, -0.15) is 0 Å². The zero-order valence-electron chi connectivity index (χ0n) is 10.7. The summed E-state index contributed by atoms with van der Waals surface area (Å²) >= 11 is 0. The van der Waals surface area contributed by atoms with E-state index in [1.165, 1.54) is 5.39 Å². The second-order valence-corrected chi connectivity index (χ2v) is 4.59. The predicted octanol–water partition coefficient (Wildman–Crippen LogP) is 2.24. The molecule has 0 saturated heterocycles. The number of pyridine rings is 1. The van der Waals surface area contributed by atoms with E-state index < -0.39 is 0 Å². The van der Waals surface area contributed by atoms with Crippen molar-refractivity contribution in [1.29, 1.82) is 5.41 Å². The summed E-state index contributed by atoms with van der Waals surface area (Å²) < 4.78 is 0. The number of rotatable bonds is 4. The Morgan fingerprint density at radius 1 is 1.39 bits per heavy atom. The molecule has 0 aliphatic heterocycles. The Labute approximate surface area is 107 Å². The van der Waals surface area contributed by atoms with Crippen molar-refractivity contribution < 1.29 is 0 Å². The lowest BCUT2D eigenvalue weighted by atomic mass is 10.1. The zero-order valence-corrected chi connectivity index (χ0v) is 10.7. The lowest BCUT2D eigenvalue weighted by Gasteiger charge is -2.23. The van der Waals surface area contributed by atoms with Crippen LogP contribution in [0.25, 0.3) is 10.8 Å². The second-order valence-electron chi connectivity index (χ2n) is 4.59. The first-order valence-corrected chi connectivity index (χ1v) is 5.98. The average molecular weight is 242 g/mol. The summed E-state index contributed by atoms with van der Waals surface area (Å²) in [5.41, 5.74) is 5.51. The molecular formula is C14H18N4. The van der Waals surface area contributed by atoms with Crippen molar-refractivity contribution in [1.82, 2.24) is 4.98 Å². The lowest BCUT2D eigenvalue weighted by Crippen LogP contribution is -2.32. The number of nitrogens with zero attached hydrogens (tertiary/aromatic N) is 2. The van der Waals surface area contributed by atoms with E-state index in [9.17, 15) is 0 Å². The van der Waals surface area contributed by atoms with Crippen molar-refractivity contribution in [3.05, 3.63) is 36.5 Å². The Hall–Kier alpha value is -2.10. The fourth-order valence-electron chi connectivity index (χ4n) is 2.00. The van der Waals surface area contributed by atoms with Crippen LogP contribution >= 0.6 is 0 Å². The number of aromatic nitrogens is 1. The van der Waals surface area contributed by atoms with Gasteiger partial charge in [0.05, 0.1) is 5.84 Å². The van der Waals surface area contributed by atoms with Crippen LogP contribution in [0, 0.1) is 11.3 Å². The molecule has 1 heterocycles. The van der Waals surface area contributed by atoms with Crippen molar-refractivity contribution in [2.75, 3.05) is 18.5 Å². The van der Waals surface area contributed by atoms with Crippen LogP contribution in [0.5, 0.6) is 0 Å². The van der Waals surface area contributed by atoms with Crippen molar-refractivity contribution in [3.63, 3.8) is 0 Å². The monoisotopic (exact) mass is 242 g/mol. The number of benzene rings is 1. The topological polar surface area (TPSA) is 66.0 Å². The Morgan fingerprint density at radius 2 is 2.11 bits per heavy atom. The largest absolute Gasteiger partial charge is 0.387 e. The maximum absolute atomic E-state index is 7.45. The molecule has 0 aliphatic rings. The molecule has 1 aromatic carbocycles. The van der Waals surface area contributed by atoms with Crippen LogP contribution in [0.1, 0.15) is 6.92 Å². The van der Waals surface area contributed by atoms with Crippen LogP contribution in [0.2, 0.25) is 0 Å². The first-order chi connectivity index (χ1) is 8.59. The smallest absolute Gasteiger partial charge is 0.136 e. The third-order valence-electron chi connectivity index (χ3n) is 3.09. The molecular weight excluding hydrogens is 224 g/mol. The van der Waals surface area contributed by atoms with Crippen molar-refractivity contribution in [2.45, 2.75) is 6.92 Å². The molecule has 4 nitrogen and oxygen atoms in total. The molecule has 2 rings (SSSR count). The lowest BCUT2D eigenvalue weighted by molar-refractivity contribution is 0.725. The molecule has 0 radical (unpaired) electrons. The highest BCUT2D eigenvalue weighted by Gasteiger charge is 2.12. The van der Waals surface area contributed by atoms with Crippen molar-refractivity contribution in [2.24, 2.45) is 11.7 Å². The van der Waals surface area contributed by atoms with E-state index in [0.717, 1.165) is 11.2 Å². The van der Waals surface area contributed by atoms with Crippen LogP contribution < -0.4 is 10.6 Å². The summed E-state index contributed by atoms with van der Waals surface area (Å²) in [6.45, 7) is 2.64. The Balaban J connectivity index is 2.33. The summed E-state index contributed by atoms with van der Waals surface area (Å²) in [6.07, 6.45) is 1.81. The molecule has 1 aromatic heterocycles. The molecule has 0 aliphatic carbocycles. The van der Waals surface area contributed by atoms with Gasteiger partial charge in [0.25, 0.3) is 0 Å². The van der Waals surface area contributed by atoms with E-state index in [1.54, 1.807) is 0 Å². The molecule has 0 fully saturated rings. The SMILES string of the molecule is CC(CN(C)c1nccc2ccccc12)C(=N)N. The second kappa shape index (κ2) is 5.04. The van der Waals surface area contributed by atoms with Gasteiger partial charge < -0.3 is 10.6 Å². The molecule has 2 aromatic rings. The molecule has 4 heteroatoms. The first kappa shape index (κ1) is 12.4. The maximum Gasteiger partial charge on any atom is 0.136 e. The van der Waals surface area contributed by atoms with Gasteiger partial charge in [0, 0.05) is 31.1 Å². The van der Waals surface area contributed by atoms with Gasteiger partial charge in [0.2, 0.25) is 0 Å². The standard InChI is InChI=1S/C14H18N4/c1-10(13(15)16)9-18(2)14-12-6-4-3-5-11(12)7-8-17-14/h3-8,10H,9H2,1-2H3,(H3,15,16). The maximum atomic E-state index is 7.45. The van der Waals surface area contributed by atoms with E-state index in [2.05, 4.69) is 22.0 Å². The van der Waals surface area contributed by atoms with E-state index in [-0.39, 0.29) is 11.8 Å². The van der Waals surface area contributed by atoms with Gasteiger partial charge in [-0.1, -0.05) is 31.2 Å². The molecule has 0 saturated carbocycles. The van der Waals surface area contributed by atoms with Gasteiger partial charge in [-0.25, -0.2) is 4.98 Å². The number of nitrogens with one attached hydrogen (secondary N) is 1. The predicted molar refractivity (Wildman–Crippen MR) is 76.1 cm³/mol. The van der Waals surface area contributed by atoms with Gasteiger partial charge in [0.1, 0.15) is 5.82 Å². The van der Waals surface area contributed by atoms with Crippen LogP contribution in [0.15, 0.2) is 36.5 Å². The molecule has 0 amide bonds. The molecule has 1 atom stereocenters. The van der Waals surface area contributed by atoms with E-state index in [1.807, 2.05) is 38.4 Å². The van der Waals surface area contributed by atoms with Crippen LogP contribution in [0.4, 0.5) is 5.82 Å². The Kier molecular flexibility index (Phi) is 3.46. The van der Waals surface area contributed by atoms with Gasteiger partial charge in [-0.15, -0.1) is 0 Å². The highest BCUT2D eigenvalue weighted by atomic mass is 15.2. The van der Waals surface area contributed by atoms with Crippen LogP contribution in [-0.4, -0.2) is 24.4 Å². The molecule has 3 N–H and O–H groups in total. The summed E-state index contributed by atoms with van der Waals surface area (Å²) in [7, 11) is 1.98. The number of fused-ring (bicyclic) bond motifs is 1. The number of amidine groups is 1. The first-order valence-electron chi connectivity index (χ1n) is 5.98. The minimum atomic E-state index is 0.0239. The number of hydrogen-bond acceptors (Lipinski definition) is 3. The van der Waals surface area contributed by atoms with Crippen molar-refractivity contribution in [3.8, 4) is 0 Å². The Morgan fingerprint density at radius 3 is 2.83 bits per heavy atom. The fraction of sp³-hybridized carbons (Fsp3) is 0.286. The van der Waals surface area contributed by atoms with Crippen molar-refractivity contribution >= 4 is 22.4 Å². The summed E-state index contributed by atoms with van der Waals surface area (Å²) in [5, 5.41) is 9.74. The van der Waals surface area contributed by atoms with E-state index >= 15 is 0 Å². The fourth-order valence-corrected chi connectivity index (χ4v) is 2.00. The third-order valence-corrected chi connectivity index (χ3v) is 3.09. The third kappa shape index (κ3) is 2.42. The highest BCUT2D eigenvalue weighted by Crippen LogP contribution is 2.23. The molecule has 0 spiro atoms. The molecule has 0 bridgehead atoms.